The van der Waals surface area contributed by atoms with Crippen molar-refractivity contribution in [1.82, 2.24) is 9.97 Å². The lowest BCUT2D eigenvalue weighted by atomic mass is 10.2. The molecule has 1 aromatic rings. The van der Waals surface area contributed by atoms with Gasteiger partial charge in [0, 0.05) is 5.57 Å². The highest BCUT2D eigenvalue weighted by Gasteiger charge is 2.03. The molecule has 0 aliphatic heterocycles. The number of rotatable bonds is 1. The fourth-order valence-electron chi connectivity index (χ4n) is 1.46. The predicted molar refractivity (Wildman–Crippen MR) is 71.1 cm³/mol. The average molecular weight is 240 g/mol. The quantitative estimate of drug-likeness (QED) is 0.790. The van der Waals surface area contributed by atoms with Crippen LogP contribution in [-0.2, 0) is 0 Å². The van der Waals surface area contributed by atoms with Gasteiger partial charge in [-0.3, -0.25) is 4.79 Å². The lowest BCUT2D eigenvalue weighted by Crippen LogP contribution is -2.08. The van der Waals surface area contributed by atoms with Gasteiger partial charge in [0.25, 0.3) is 5.56 Å². The minimum absolute atomic E-state index is 0.299. The zero-order valence-corrected chi connectivity index (χ0v) is 9.63. The molecule has 1 heterocycles. The van der Waals surface area contributed by atoms with Gasteiger partial charge in [-0.25, -0.2) is 0 Å². The Morgan fingerprint density at radius 1 is 1.17 bits per heavy atom. The van der Waals surface area contributed by atoms with Crippen LogP contribution in [0.25, 0.3) is 5.57 Å². The van der Waals surface area contributed by atoms with Crippen LogP contribution in [0, 0.1) is 0 Å². The SMILES string of the molecule is C=C1\C=C/C=C\C(c2nc(O)cc(=O)[nH]2)=C/C=C\1. The molecule has 0 aromatic carbocycles. The average Bonchev–Trinajstić information content (AvgIpc) is 2.40. The maximum atomic E-state index is 11.3. The number of hydrogen-bond acceptors (Lipinski definition) is 3. The molecule has 0 fully saturated rings. The van der Waals surface area contributed by atoms with Crippen LogP contribution in [0.15, 0.2) is 65.5 Å². The fraction of sp³-hybridized carbons (Fsp3) is 0. The van der Waals surface area contributed by atoms with Crippen LogP contribution in [0.5, 0.6) is 5.88 Å². The lowest BCUT2D eigenvalue weighted by molar-refractivity contribution is 0.450. The second-order valence-corrected chi connectivity index (χ2v) is 3.73. The predicted octanol–water partition coefficient (Wildman–Crippen LogP) is 2.10. The molecular weight excluding hydrogens is 228 g/mol. The van der Waals surface area contributed by atoms with E-state index in [1.807, 2.05) is 30.4 Å². The third-order valence-corrected chi connectivity index (χ3v) is 2.28. The summed E-state index contributed by atoms with van der Waals surface area (Å²) in [6.07, 6.45) is 12.7. The van der Waals surface area contributed by atoms with Gasteiger partial charge in [-0.2, -0.15) is 4.98 Å². The number of nitrogens with zero attached hydrogens (tertiary/aromatic N) is 1. The number of aromatic amines is 1. The van der Waals surface area contributed by atoms with E-state index in [0.717, 1.165) is 11.6 Å². The van der Waals surface area contributed by atoms with Crippen LogP contribution in [0.4, 0.5) is 0 Å². The molecular formula is C14H12N2O2. The maximum absolute atomic E-state index is 11.3. The molecule has 0 saturated carbocycles. The van der Waals surface area contributed by atoms with Crippen molar-refractivity contribution in [2.45, 2.75) is 0 Å². The van der Waals surface area contributed by atoms with Crippen molar-refractivity contribution in [2.75, 3.05) is 0 Å². The molecule has 90 valence electrons. The molecule has 18 heavy (non-hydrogen) atoms. The Morgan fingerprint density at radius 2 is 1.89 bits per heavy atom. The molecule has 1 aliphatic rings. The summed E-state index contributed by atoms with van der Waals surface area (Å²) in [6, 6.07) is 1.03. The summed E-state index contributed by atoms with van der Waals surface area (Å²) in [5.41, 5.74) is 1.17. The first-order valence-electron chi connectivity index (χ1n) is 5.38. The van der Waals surface area contributed by atoms with E-state index in [-0.39, 0.29) is 5.88 Å². The Morgan fingerprint density at radius 3 is 2.67 bits per heavy atom. The molecule has 0 bridgehead atoms. The van der Waals surface area contributed by atoms with E-state index in [2.05, 4.69) is 16.5 Å². The number of hydrogen-bond donors (Lipinski definition) is 2. The molecule has 4 heteroatoms. The van der Waals surface area contributed by atoms with Crippen LogP contribution in [0.2, 0.25) is 0 Å². The smallest absolute Gasteiger partial charge is 0.254 e. The molecule has 0 spiro atoms. The van der Waals surface area contributed by atoms with E-state index in [0.29, 0.717) is 11.4 Å². The van der Waals surface area contributed by atoms with Crippen LogP contribution in [0.1, 0.15) is 5.82 Å². The number of aromatic hydroxyl groups is 1. The molecule has 4 nitrogen and oxygen atoms in total. The lowest BCUT2D eigenvalue weighted by Gasteiger charge is -2.00. The van der Waals surface area contributed by atoms with E-state index in [1.54, 1.807) is 12.2 Å². The summed E-state index contributed by atoms with van der Waals surface area (Å²) in [7, 11) is 0. The van der Waals surface area contributed by atoms with Crippen LogP contribution >= 0.6 is 0 Å². The first-order chi connectivity index (χ1) is 8.65. The fourth-order valence-corrected chi connectivity index (χ4v) is 1.46. The van der Waals surface area contributed by atoms with Crippen molar-refractivity contribution in [3.8, 4) is 5.88 Å². The molecule has 0 atom stereocenters. The van der Waals surface area contributed by atoms with Crippen molar-refractivity contribution in [1.29, 1.82) is 0 Å². The van der Waals surface area contributed by atoms with E-state index in [9.17, 15) is 9.90 Å². The minimum Gasteiger partial charge on any atom is -0.493 e. The van der Waals surface area contributed by atoms with Crippen molar-refractivity contribution >= 4 is 5.57 Å². The summed E-state index contributed by atoms with van der Waals surface area (Å²) in [4.78, 5) is 17.7. The molecule has 1 aliphatic carbocycles. The standard InChI is InChI=1S/C14H12N2O2/c1-10-5-2-3-7-11(8-4-6-10)14-15-12(17)9-13(18)16-14/h2-9H,1H2,(H2,15,16,17,18)/b5-2-,6-4-,7-3-,11-8+. The summed E-state index contributed by atoms with van der Waals surface area (Å²) >= 11 is 0. The monoisotopic (exact) mass is 240 g/mol. The molecule has 0 unspecified atom stereocenters. The Labute approximate surface area is 104 Å². The second-order valence-electron chi connectivity index (χ2n) is 3.73. The van der Waals surface area contributed by atoms with Gasteiger partial charge in [-0.05, 0) is 5.57 Å². The van der Waals surface area contributed by atoms with Crippen molar-refractivity contribution in [3.63, 3.8) is 0 Å². The maximum Gasteiger partial charge on any atom is 0.254 e. The van der Waals surface area contributed by atoms with E-state index >= 15 is 0 Å². The van der Waals surface area contributed by atoms with Gasteiger partial charge in [0.2, 0.25) is 5.88 Å². The zero-order valence-electron chi connectivity index (χ0n) is 9.63. The zero-order chi connectivity index (χ0) is 13.0. The summed E-state index contributed by atoms with van der Waals surface area (Å²) in [5.74, 6) is 0.0219. The normalized spacial score (nSPS) is 23.1. The molecule has 2 N–H and O–H groups in total. The Bertz CT molecular complexity index is 646. The van der Waals surface area contributed by atoms with Crippen molar-refractivity contribution in [3.05, 3.63) is 76.9 Å². The van der Waals surface area contributed by atoms with Crippen LogP contribution in [0.3, 0.4) is 0 Å². The first kappa shape index (κ1) is 11.9. The molecule has 1 aromatic heterocycles. The number of allylic oxidation sites excluding steroid dienone is 9. The molecule has 2 rings (SSSR count). The Hall–Kier alpha value is -2.62. The van der Waals surface area contributed by atoms with E-state index < -0.39 is 5.56 Å². The topological polar surface area (TPSA) is 66.0 Å². The highest BCUT2D eigenvalue weighted by Crippen LogP contribution is 2.14. The highest BCUT2D eigenvalue weighted by atomic mass is 16.3. The van der Waals surface area contributed by atoms with Gasteiger partial charge in [0.05, 0.1) is 6.07 Å². The van der Waals surface area contributed by atoms with Crippen molar-refractivity contribution < 1.29 is 5.11 Å². The minimum atomic E-state index is -0.393. The molecule has 0 radical (unpaired) electrons. The highest BCUT2D eigenvalue weighted by molar-refractivity contribution is 5.71. The number of H-pyrrole nitrogens is 1. The summed E-state index contributed by atoms with van der Waals surface area (Å²) in [5, 5.41) is 9.32. The van der Waals surface area contributed by atoms with Gasteiger partial charge in [-0.1, -0.05) is 49.1 Å². The van der Waals surface area contributed by atoms with Gasteiger partial charge < -0.3 is 10.1 Å². The Balaban J connectivity index is 2.48. The summed E-state index contributed by atoms with van der Waals surface area (Å²) in [6.45, 7) is 3.83. The third kappa shape index (κ3) is 2.95. The van der Waals surface area contributed by atoms with Gasteiger partial charge in [0.15, 0.2) is 0 Å². The van der Waals surface area contributed by atoms with Gasteiger partial charge >= 0.3 is 0 Å². The Kier molecular flexibility index (Phi) is 3.38. The van der Waals surface area contributed by atoms with Crippen LogP contribution in [-0.4, -0.2) is 15.1 Å². The summed E-state index contributed by atoms with van der Waals surface area (Å²) < 4.78 is 0. The van der Waals surface area contributed by atoms with Crippen molar-refractivity contribution in [2.24, 2.45) is 0 Å². The number of nitrogens with one attached hydrogen (secondary N) is 1. The molecule has 0 amide bonds. The van der Waals surface area contributed by atoms with Crippen LogP contribution < -0.4 is 5.56 Å². The van der Waals surface area contributed by atoms with E-state index in [1.165, 1.54) is 0 Å². The van der Waals surface area contributed by atoms with Gasteiger partial charge in [-0.15, -0.1) is 0 Å². The largest absolute Gasteiger partial charge is 0.493 e. The van der Waals surface area contributed by atoms with E-state index in [4.69, 9.17) is 0 Å². The third-order valence-electron chi connectivity index (χ3n) is 2.28. The van der Waals surface area contributed by atoms with Gasteiger partial charge in [0.1, 0.15) is 5.82 Å². The number of aromatic nitrogens is 2. The second kappa shape index (κ2) is 5.14. The first-order valence-corrected chi connectivity index (χ1v) is 5.38. The molecule has 0 saturated heterocycles.